The van der Waals surface area contributed by atoms with Crippen LogP contribution in [0.3, 0.4) is 0 Å². The zero-order valence-electron chi connectivity index (χ0n) is 13.7. The molecule has 7 nitrogen and oxygen atoms in total. The molecule has 0 radical (unpaired) electrons. The summed E-state index contributed by atoms with van der Waals surface area (Å²) in [5.74, 6) is 0. The Hall–Kier alpha value is -2.27. The highest BCUT2D eigenvalue weighted by molar-refractivity contribution is 7.90. The predicted molar refractivity (Wildman–Crippen MR) is 85.0 cm³/mol. The normalized spacial score (nSPS) is 15.7. The van der Waals surface area contributed by atoms with Crippen molar-refractivity contribution < 1.29 is 21.6 Å². The number of nitrogens with zero attached hydrogens (tertiary/aromatic N) is 3. The molecule has 0 saturated heterocycles. The largest absolute Gasteiger partial charge is 0.416 e. The van der Waals surface area contributed by atoms with Crippen molar-refractivity contribution in [2.75, 3.05) is 12.8 Å². The Bertz CT molecular complexity index is 1000. The molecule has 2 aromatic heterocycles. The number of alkyl halides is 3. The number of sulfone groups is 1. The van der Waals surface area contributed by atoms with Gasteiger partial charge in [-0.25, -0.2) is 13.4 Å². The van der Waals surface area contributed by atoms with Crippen LogP contribution in [0.5, 0.6) is 0 Å². The second-order valence-corrected chi connectivity index (χ2v) is 7.99. The number of aromatic amines is 1. The van der Waals surface area contributed by atoms with Gasteiger partial charge in [0, 0.05) is 44.7 Å². The molecule has 0 amide bonds. The summed E-state index contributed by atoms with van der Waals surface area (Å²) in [5.41, 5.74) is -0.727. The standard InChI is InChI=1S/C15H15F3N4O3S/c1-26(24,25)14-20-12-3-5-22(8-10(12)13(23)21-14)7-9-6-19-4-2-11(9)15(16,17)18/h2,4,6H,3,5,7-8H2,1H3,(H,20,21,23). The Kier molecular flexibility index (Phi) is 4.61. The molecule has 3 heterocycles. The molecule has 2 aromatic rings. The van der Waals surface area contributed by atoms with Crippen LogP contribution in [-0.2, 0) is 35.5 Å². The molecule has 0 saturated carbocycles. The van der Waals surface area contributed by atoms with Crippen molar-refractivity contribution >= 4 is 9.84 Å². The van der Waals surface area contributed by atoms with Gasteiger partial charge in [0.05, 0.1) is 16.8 Å². The van der Waals surface area contributed by atoms with E-state index >= 15 is 0 Å². The molecule has 0 spiro atoms. The van der Waals surface area contributed by atoms with Crippen molar-refractivity contribution in [3.63, 3.8) is 0 Å². The number of nitrogens with one attached hydrogen (secondary N) is 1. The first kappa shape index (κ1) is 18.5. The van der Waals surface area contributed by atoms with Gasteiger partial charge in [0.1, 0.15) is 0 Å². The predicted octanol–water partition coefficient (Wildman–Crippen LogP) is 1.15. The Morgan fingerprint density at radius 2 is 2.08 bits per heavy atom. The van der Waals surface area contributed by atoms with Crippen LogP contribution in [0.1, 0.15) is 22.4 Å². The number of H-pyrrole nitrogens is 1. The van der Waals surface area contributed by atoms with Gasteiger partial charge in [0.2, 0.25) is 15.0 Å². The lowest BCUT2D eigenvalue weighted by Gasteiger charge is -2.28. The number of hydrogen-bond acceptors (Lipinski definition) is 6. The van der Waals surface area contributed by atoms with Crippen molar-refractivity contribution in [3.05, 3.63) is 51.2 Å². The van der Waals surface area contributed by atoms with E-state index in [0.717, 1.165) is 24.7 Å². The maximum atomic E-state index is 13.1. The number of fused-ring (bicyclic) bond motifs is 1. The maximum absolute atomic E-state index is 13.1. The summed E-state index contributed by atoms with van der Waals surface area (Å²) in [6.07, 6.45) is -1.04. The fraction of sp³-hybridized carbons (Fsp3) is 0.400. The Morgan fingerprint density at radius 1 is 1.35 bits per heavy atom. The lowest BCUT2D eigenvalue weighted by Crippen LogP contribution is -2.36. The average molecular weight is 388 g/mol. The SMILES string of the molecule is CS(=O)(=O)c1nc2c(c(=O)[nH]1)CN(Cc1cnccc1C(F)(F)F)CC2. The molecular weight excluding hydrogens is 373 g/mol. The van der Waals surface area contributed by atoms with Crippen molar-refractivity contribution in [1.29, 1.82) is 0 Å². The molecule has 26 heavy (non-hydrogen) atoms. The van der Waals surface area contributed by atoms with E-state index in [0.29, 0.717) is 12.2 Å². The zero-order chi connectivity index (χ0) is 19.1. The first-order valence-corrected chi connectivity index (χ1v) is 9.49. The number of rotatable bonds is 3. The number of aromatic nitrogens is 3. The molecular formula is C15H15F3N4O3S. The fourth-order valence-electron chi connectivity index (χ4n) is 2.84. The summed E-state index contributed by atoms with van der Waals surface area (Å²) in [6.45, 7) is 0.391. The third kappa shape index (κ3) is 3.78. The molecule has 1 aliphatic heterocycles. The van der Waals surface area contributed by atoms with Crippen LogP contribution in [0.4, 0.5) is 13.2 Å². The molecule has 0 atom stereocenters. The minimum atomic E-state index is -4.49. The van der Waals surface area contributed by atoms with Gasteiger partial charge in [0.15, 0.2) is 0 Å². The second-order valence-electron chi connectivity index (χ2n) is 6.06. The molecule has 0 fully saturated rings. The van der Waals surface area contributed by atoms with Crippen LogP contribution in [0.2, 0.25) is 0 Å². The van der Waals surface area contributed by atoms with Gasteiger partial charge < -0.3 is 0 Å². The molecule has 0 aliphatic carbocycles. The van der Waals surface area contributed by atoms with E-state index in [9.17, 15) is 26.4 Å². The van der Waals surface area contributed by atoms with E-state index in [4.69, 9.17) is 0 Å². The molecule has 140 valence electrons. The molecule has 1 aliphatic rings. The molecule has 0 unspecified atom stereocenters. The highest BCUT2D eigenvalue weighted by atomic mass is 32.2. The first-order valence-electron chi connectivity index (χ1n) is 7.60. The highest BCUT2D eigenvalue weighted by Crippen LogP contribution is 2.32. The second kappa shape index (κ2) is 6.47. The van der Waals surface area contributed by atoms with Gasteiger partial charge in [-0.15, -0.1) is 0 Å². The first-order chi connectivity index (χ1) is 12.1. The van der Waals surface area contributed by atoms with Crippen LogP contribution in [0, 0.1) is 0 Å². The van der Waals surface area contributed by atoms with Crippen LogP contribution in [0.25, 0.3) is 0 Å². The zero-order valence-corrected chi connectivity index (χ0v) is 14.5. The molecule has 0 aromatic carbocycles. The topological polar surface area (TPSA) is 96.0 Å². The van der Waals surface area contributed by atoms with E-state index in [-0.39, 0.29) is 30.6 Å². The third-order valence-corrected chi connectivity index (χ3v) is 4.98. The molecule has 1 N–H and O–H groups in total. The summed E-state index contributed by atoms with van der Waals surface area (Å²) >= 11 is 0. The Balaban J connectivity index is 1.88. The minimum absolute atomic E-state index is 0.0144. The summed E-state index contributed by atoms with van der Waals surface area (Å²) in [5, 5.41) is -0.402. The van der Waals surface area contributed by atoms with Gasteiger partial charge in [-0.1, -0.05) is 0 Å². The van der Waals surface area contributed by atoms with Crippen LogP contribution in [0.15, 0.2) is 28.4 Å². The molecule has 0 bridgehead atoms. The summed E-state index contributed by atoms with van der Waals surface area (Å²) in [4.78, 5) is 23.8. The van der Waals surface area contributed by atoms with Gasteiger partial charge >= 0.3 is 6.18 Å². The monoisotopic (exact) mass is 388 g/mol. The van der Waals surface area contributed by atoms with E-state index in [2.05, 4.69) is 15.0 Å². The quantitative estimate of drug-likeness (QED) is 0.793. The molecule has 11 heteroatoms. The van der Waals surface area contributed by atoms with Crippen molar-refractivity contribution in [2.24, 2.45) is 0 Å². The Labute approximate surface area is 146 Å². The average Bonchev–Trinajstić information content (AvgIpc) is 2.54. The van der Waals surface area contributed by atoms with Crippen molar-refractivity contribution in [2.45, 2.75) is 30.8 Å². The number of halogens is 3. The lowest BCUT2D eigenvalue weighted by molar-refractivity contribution is -0.138. The van der Waals surface area contributed by atoms with Gasteiger partial charge in [-0.2, -0.15) is 13.2 Å². The van der Waals surface area contributed by atoms with Gasteiger partial charge in [-0.05, 0) is 11.6 Å². The number of hydrogen-bond donors (Lipinski definition) is 1. The van der Waals surface area contributed by atoms with Gasteiger partial charge in [-0.3, -0.25) is 19.7 Å². The Morgan fingerprint density at radius 3 is 2.73 bits per heavy atom. The highest BCUT2D eigenvalue weighted by Gasteiger charge is 2.34. The summed E-state index contributed by atoms with van der Waals surface area (Å²) < 4.78 is 62.4. The maximum Gasteiger partial charge on any atom is 0.416 e. The van der Waals surface area contributed by atoms with Crippen LogP contribution < -0.4 is 5.56 Å². The van der Waals surface area contributed by atoms with E-state index in [1.165, 1.54) is 0 Å². The van der Waals surface area contributed by atoms with Gasteiger partial charge in [0.25, 0.3) is 5.56 Å². The van der Waals surface area contributed by atoms with Crippen molar-refractivity contribution in [1.82, 2.24) is 19.9 Å². The smallest absolute Gasteiger partial charge is 0.297 e. The van der Waals surface area contributed by atoms with E-state index in [1.807, 2.05) is 0 Å². The van der Waals surface area contributed by atoms with Crippen LogP contribution >= 0.6 is 0 Å². The molecule has 3 rings (SSSR count). The van der Waals surface area contributed by atoms with E-state index < -0.39 is 32.3 Å². The third-order valence-electron chi connectivity index (χ3n) is 4.08. The van der Waals surface area contributed by atoms with Crippen LogP contribution in [-0.4, -0.2) is 41.1 Å². The summed E-state index contributed by atoms with van der Waals surface area (Å²) in [7, 11) is -3.66. The fourth-order valence-corrected chi connectivity index (χ4v) is 3.39. The van der Waals surface area contributed by atoms with Crippen molar-refractivity contribution in [3.8, 4) is 0 Å². The minimum Gasteiger partial charge on any atom is -0.297 e. The number of pyridine rings is 1. The lowest BCUT2D eigenvalue weighted by atomic mass is 10.0. The summed E-state index contributed by atoms with van der Waals surface area (Å²) in [6, 6.07) is 0.917. The van der Waals surface area contributed by atoms with E-state index in [1.54, 1.807) is 4.90 Å².